The normalized spacial score (nSPS) is 10.6. The number of nitrogens with one attached hydrogen (secondary N) is 1. The summed E-state index contributed by atoms with van der Waals surface area (Å²) in [7, 11) is 1.83. The van der Waals surface area contributed by atoms with Crippen molar-refractivity contribution in [3.05, 3.63) is 64.4 Å². The molecule has 0 aliphatic carbocycles. The minimum Gasteiger partial charge on any atom is -0.486 e. The molecular weight excluding hydrogens is 407 g/mol. The number of hydrogen-bond acceptors (Lipinski definition) is 5. The van der Waals surface area contributed by atoms with Crippen molar-refractivity contribution in [2.24, 2.45) is 7.05 Å². The molecule has 140 valence electrons. The van der Waals surface area contributed by atoms with Crippen molar-refractivity contribution >= 4 is 46.6 Å². The first-order valence-electron chi connectivity index (χ1n) is 7.97. The lowest BCUT2D eigenvalue weighted by Gasteiger charge is -2.08. The molecule has 2 aromatic carbocycles. The molecule has 0 aliphatic rings. The largest absolute Gasteiger partial charge is 0.486 e. The van der Waals surface area contributed by atoms with Crippen molar-refractivity contribution in [3.63, 3.8) is 0 Å². The Labute approximate surface area is 170 Å². The van der Waals surface area contributed by atoms with Gasteiger partial charge in [0.15, 0.2) is 11.0 Å². The third-order valence-corrected chi connectivity index (χ3v) is 5.14. The van der Waals surface area contributed by atoms with Gasteiger partial charge in [-0.3, -0.25) is 4.79 Å². The molecule has 27 heavy (non-hydrogen) atoms. The topological polar surface area (TPSA) is 69.0 Å². The summed E-state index contributed by atoms with van der Waals surface area (Å²) >= 11 is 13.2. The smallest absolute Gasteiger partial charge is 0.234 e. The summed E-state index contributed by atoms with van der Waals surface area (Å²) in [5.74, 6) is 1.40. The summed E-state index contributed by atoms with van der Waals surface area (Å²) in [5.41, 5.74) is 0.515. The maximum atomic E-state index is 12.1. The molecule has 3 aromatic rings. The van der Waals surface area contributed by atoms with E-state index in [1.54, 1.807) is 22.8 Å². The van der Waals surface area contributed by atoms with E-state index < -0.39 is 0 Å². The van der Waals surface area contributed by atoms with Crippen LogP contribution >= 0.6 is 35.0 Å². The van der Waals surface area contributed by atoms with E-state index in [2.05, 4.69) is 15.5 Å². The van der Waals surface area contributed by atoms with E-state index in [1.807, 2.05) is 37.4 Å². The van der Waals surface area contributed by atoms with Gasteiger partial charge >= 0.3 is 0 Å². The van der Waals surface area contributed by atoms with Gasteiger partial charge in [-0.15, -0.1) is 10.2 Å². The number of amides is 1. The molecule has 0 spiro atoms. The Bertz CT molecular complexity index is 934. The molecule has 9 heteroatoms. The Morgan fingerprint density at radius 1 is 1.19 bits per heavy atom. The van der Waals surface area contributed by atoms with Crippen molar-refractivity contribution in [3.8, 4) is 5.75 Å². The fraction of sp³-hybridized carbons (Fsp3) is 0.167. The van der Waals surface area contributed by atoms with Crippen LogP contribution in [-0.4, -0.2) is 26.4 Å². The Kier molecular flexibility index (Phi) is 6.60. The predicted octanol–water partition coefficient (Wildman–Crippen LogP) is 4.43. The van der Waals surface area contributed by atoms with Crippen LogP contribution in [0.15, 0.2) is 53.7 Å². The Hall–Kier alpha value is -2.22. The van der Waals surface area contributed by atoms with Crippen LogP contribution in [0, 0.1) is 0 Å². The van der Waals surface area contributed by atoms with Gasteiger partial charge < -0.3 is 14.6 Å². The number of ether oxygens (including phenoxy) is 1. The minimum atomic E-state index is -0.200. The van der Waals surface area contributed by atoms with E-state index in [0.29, 0.717) is 33.3 Å². The standard InChI is InChI=1S/C18H16Cl2N4O2S/c1-24-16(10-26-13-5-3-2-4-6-13)22-23-18(24)27-11-17(25)21-15-8-7-12(19)9-14(15)20/h2-9H,10-11H2,1H3,(H,21,25). The highest BCUT2D eigenvalue weighted by Crippen LogP contribution is 2.26. The van der Waals surface area contributed by atoms with E-state index >= 15 is 0 Å². The number of anilines is 1. The van der Waals surface area contributed by atoms with Crippen LogP contribution in [0.4, 0.5) is 5.69 Å². The monoisotopic (exact) mass is 422 g/mol. The SMILES string of the molecule is Cn1c(COc2ccccc2)nnc1SCC(=O)Nc1ccc(Cl)cc1Cl. The molecule has 1 heterocycles. The lowest BCUT2D eigenvalue weighted by Crippen LogP contribution is -2.15. The average Bonchev–Trinajstić information content (AvgIpc) is 3.01. The number of carbonyl (C=O) groups is 1. The molecular formula is C18H16Cl2N4O2S. The number of para-hydroxylation sites is 1. The van der Waals surface area contributed by atoms with Gasteiger partial charge in [-0.25, -0.2) is 0 Å². The van der Waals surface area contributed by atoms with Crippen LogP contribution in [0.5, 0.6) is 5.75 Å². The van der Waals surface area contributed by atoms with E-state index in [9.17, 15) is 4.79 Å². The molecule has 0 atom stereocenters. The first-order chi connectivity index (χ1) is 13.0. The van der Waals surface area contributed by atoms with Gasteiger partial charge in [0.1, 0.15) is 12.4 Å². The molecule has 3 rings (SSSR count). The first-order valence-corrected chi connectivity index (χ1v) is 9.71. The number of benzene rings is 2. The number of thioether (sulfide) groups is 1. The Morgan fingerprint density at radius 3 is 2.70 bits per heavy atom. The van der Waals surface area contributed by atoms with E-state index in [0.717, 1.165) is 5.75 Å². The summed E-state index contributed by atoms with van der Waals surface area (Å²) in [4.78, 5) is 12.1. The summed E-state index contributed by atoms with van der Waals surface area (Å²) in [6.45, 7) is 0.292. The molecule has 0 aliphatic heterocycles. The van der Waals surface area contributed by atoms with Crippen molar-refractivity contribution in [2.45, 2.75) is 11.8 Å². The number of aromatic nitrogens is 3. The molecule has 0 radical (unpaired) electrons. The van der Waals surface area contributed by atoms with Gasteiger partial charge in [-0.2, -0.15) is 0 Å². The number of carbonyl (C=O) groups excluding carboxylic acids is 1. The predicted molar refractivity (Wildman–Crippen MR) is 108 cm³/mol. The molecule has 1 amide bonds. The second kappa shape index (κ2) is 9.12. The van der Waals surface area contributed by atoms with E-state index in [1.165, 1.54) is 11.8 Å². The summed E-state index contributed by atoms with van der Waals surface area (Å²) in [6, 6.07) is 14.4. The number of nitrogens with zero attached hydrogens (tertiary/aromatic N) is 3. The average molecular weight is 423 g/mol. The number of rotatable bonds is 7. The second-order valence-corrected chi connectivity index (χ2v) is 7.31. The van der Waals surface area contributed by atoms with Gasteiger partial charge in [0.05, 0.1) is 16.5 Å². The zero-order valence-corrected chi connectivity index (χ0v) is 16.7. The van der Waals surface area contributed by atoms with Crippen molar-refractivity contribution in [1.29, 1.82) is 0 Å². The van der Waals surface area contributed by atoms with Crippen molar-refractivity contribution in [2.75, 3.05) is 11.1 Å². The molecule has 0 bridgehead atoms. The minimum absolute atomic E-state index is 0.171. The van der Waals surface area contributed by atoms with Gasteiger partial charge in [-0.1, -0.05) is 53.2 Å². The first kappa shape index (κ1) is 19.5. The molecule has 0 fully saturated rings. The molecule has 0 saturated carbocycles. The summed E-state index contributed by atoms with van der Waals surface area (Å²) in [5, 5.41) is 12.5. The second-order valence-electron chi connectivity index (χ2n) is 5.52. The van der Waals surface area contributed by atoms with Crippen molar-refractivity contribution < 1.29 is 9.53 Å². The van der Waals surface area contributed by atoms with Crippen LogP contribution in [0.2, 0.25) is 10.0 Å². The van der Waals surface area contributed by atoms with Gasteiger partial charge in [0.25, 0.3) is 0 Å². The third kappa shape index (κ3) is 5.38. The maximum Gasteiger partial charge on any atom is 0.234 e. The van der Waals surface area contributed by atoms with Crippen LogP contribution in [0.25, 0.3) is 0 Å². The maximum absolute atomic E-state index is 12.1. The van der Waals surface area contributed by atoms with E-state index in [4.69, 9.17) is 27.9 Å². The van der Waals surface area contributed by atoms with Gasteiger partial charge in [-0.05, 0) is 30.3 Å². The van der Waals surface area contributed by atoms with Gasteiger partial charge in [0, 0.05) is 12.1 Å². The Morgan fingerprint density at radius 2 is 1.96 bits per heavy atom. The quantitative estimate of drug-likeness (QED) is 0.570. The summed E-state index contributed by atoms with van der Waals surface area (Å²) in [6.07, 6.45) is 0. The number of hydrogen-bond donors (Lipinski definition) is 1. The van der Waals surface area contributed by atoms with Gasteiger partial charge in [0.2, 0.25) is 5.91 Å². The molecule has 1 aromatic heterocycles. The Balaban J connectivity index is 1.53. The summed E-state index contributed by atoms with van der Waals surface area (Å²) < 4.78 is 7.48. The lowest BCUT2D eigenvalue weighted by molar-refractivity contribution is -0.113. The highest BCUT2D eigenvalue weighted by Gasteiger charge is 2.13. The van der Waals surface area contributed by atoms with Crippen LogP contribution in [0.3, 0.4) is 0 Å². The molecule has 0 unspecified atom stereocenters. The number of halogens is 2. The molecule has 0 saturated heterocycles. The highest BCUT2D eigenvalue weighted by molar-refractivity contribution is 7.99. The van der Waals surface area contributed by atoms with Crippen LogP contribution in [0.1, 0.15) is 5.82 Å². The highest BCUT2D eigenvalue weighted by atomic mass is 35.5. The van der Waals surface area contributed by atoms with E-state index in [-0.39, 0.29) is 11.7 Å². The third-order valence-electron chi connectivity index (χ3n) is 3.57. The fourth-order valence-corrected chi connectivity index (χ4v) is 3.35. The molecule has 1 N–H and O–H groups in total. The van der Waals surface area contributed by atoms with Crippen LogP contribution in [-0.2, 0) is 18.4 Å². The zero-order chi connectivity index (χ0) is 19.2. The fourth-order valence-electron chi connectivity index (χ4n) is 2.17. The molecule has 6 nitrogen and oxygen atoms in total. The van der Waals surface area contributed by atoms with Crippen molar-refractivity contribution in [1.82, 2.24) is 14.8 Å². The zero-order valence-electron chi connectivity index (χ0n) is 14.4. The lowest BCUT2D eigenvalue weighted by atomic mass is 10.3. The van der Waals surface area contributed by atoms with Crippen LogP contribution < -0.4 is 10.1 Å².